The van der Waals surface area contributed by atoms with Gasteiger partial charge in [0.2, 0.25) is 0 Å². The molecular weight excluding hydrogens is 282 g/mol. The van der Waals surface area contributed by atoms with Gasteiger partial charge in [-0.1, -0.05) is 18.2 Å². The molecule has 5 heteroatoms. The van der Waals surface area contributed by atoms with Gasteiger partial charge in [-0.15, -0.1) is 11.3 Å². The lowest BCUT2D eigenvalue weighted by molar-refractivity contribution is 0.102. The SMILES string of the molecule is O=C(Nc1nccs1)c1cc(C2CC2)nc2ccccc12. The number of rotatable bonds is 3. The highest BCUT2D eigenvalue weighted by atomic mass is 32.1. The molecule has 1 aliphatic rings. The van der Waals surface area contributed by atoms with Crippen molar-refractivity contribution in [1.82, 2.24) is 9.97 Å². The van der Waals surface area contributed by atoms with Crippen LogP contribution in [0.4, 0.5) is 5.13 Å². The molecule has 4 nitrogen and oxygen atoms in total. The summed E-state index contributed by atoms with van der Waals surface area (Å²) in [6.07, 6.45) is 4.01. The molecule has 0 aliphatic heterocycles. The Bertz CT molecular complexity index is 810. The summed E-state index contributed by atoms with van der Waals surface area (Å²) in [4.78, 5) is 21.3. The highest BCUT2D eigenvalue weighted by Crippen LogP contribution is 2.40. The van der Waals surface area contributed by atoms with Crippen LogP contribution in [0.25, 0.3) is 10.9 Å². The van der Waals surface area contributed by atoms with Gasteiger partial charge in [-0.2, -0.15) is 0 Å². The van der Waals surface area contributed by atoms with Gasteiger partial charge in [-0.05, 0) is 25.0 Å². The van der Waals surface area contributed by atoms with Gasteiger partial charge < -0.3 is 0 Å². The van der Waals surface area contributed by atoms with Gasteiger partial charge in [-0.25, -0.2) is 4.98 Å². The maximum Gasteiger partial charge on any atom is 0.258 e. The third kappa shape index (κ3) is 2.40. The zero-order valence-corrected chi connectivity index (χ0v) is 12.1. The van der Waals surface area contributed by atoms with E-state index in [0.29, 0.717) is 16.6 Å². The molecule has 0 atom stereocenters. The topological polar surface area (TPSA) is 54.9 Å². The average molecular weight is 295 g/mol. The molecule has 2 heterocycles. The number of pyridine rings is 1. The fourth-order valence-electron chi connectivity index (χ4n) is 2.42. The van der Waals surface area contributed by atoms with Gasteiger partial charge in [0, 0.05) is 28.6 Å². The molecule has 1 saturated carbocycles. The standard InChI is InChI=1S/C16H13N3OS/c20-15(19-16-17-7-8-21-16)12-9-14(10-5-6-10)18-13-4-2-1-3-11(12)13/h1-4,7-10H,5-6H2,(H,17,19,20). The molecule has 3 aromatic rings. The van der Waals surface area contributed by atoms with E-state index in [1.54, 1.807) is 6.20 Å². The number of nitrogens with one attached hydrogen (secondary N) is 1. The van der Waals surface area contributed by atoms with Crippen LogP contribution in [0.1, 0.15) is 34.8 Å². The van der Waals surface area contributed by atoms with Gasteiger partial charge in [0.15, 0.2) is 5.13 Å². The predicted molar refractivity (Wildman–Crippen MR) is 83.8 cm³/mol. The van der Waals surface area contributed by atoms with Crippen LogP contribution < -0.4 is 5.32 Å². The number of aromatic nitrogens is 2. The highest BCUT2D eigenvalue weighted by Gasteiger charge is 2.27. The second kappa shape index (κ2) is 4.93. The van der Waals surface area contributed by atoms with Crippen LogP contribution in [0.15, 0.2) is 41.9 Å². The lowest BCUT2D eigenvalue weighted by Crippen LogP contribution is -2.13. The minimum absolute atomic E-state index is 0.120. The third-order valence-corrected chi connectivity index (χ3v) is 4.32. The summed E-state index contributed by atoms with van der Waals surface area (Å²) in [5.74, 6) is 0.395. The van der Waals surface area contributed by atoms with Crippen molar-refractivity contribution in [3.05, 3.63) is 53.2 Å². The van der Waals surface area contributed by atoms with Crippen molar-refractivity contribution in [2.75, 3.05) is 5.32 Å². The number of para-hydroxylation sites is 1. The van der Waals surface area contributed by atoms with Crippen LogP contribution >= 0.6 is 11.3 Å². The molecule has 1 aromatic carbocycles. The zero-order valence-electron chi connectivity index (χ0n) is 11.2. The fraction of sp³-hybridized carbons (Fsp3) is 0.188. The highest BCUT2D eigenvalue weighted by molar-refractivity contribution is 7.13. The predicted octanol–water partition coefficient (Wildman–Crippen LogP) is 3.82. The van der Waals surface area contributed by atoms with Gasteiger partial charge >= 0.3 is 0 Å². The monoisotopic (exact) mass is 295 g/mol. The fourth-order valence-corrected chi connectivity index (χ4v) is 2.95. The van der Waals surface area contributed by atoms with E-state index >= 15 is 0 Å². The largest absolute Gasteiger partial charge is 0.298 e. The zero-order chi connectivity index (χ0) is 14.2. The van der Waals surface area contributed by atoms with Crippen LogP contribution in [-0.2, 0) is 0 Å². The maximum absolute atomic E-state index is 12.5. The molecule has 1 fully saturated rings. The van der Waals surface area contributed by atoms with Crippen LogP contribution in [-0.4, -0.2) is 15.9 Å². The van der Waals surface area contributed by atoms with Gasteiger partial charge in [0.25, 0.3) is 5.91 Å². The molecule has 0 spiro atoms. The summed E-state index contributed by atoms with van der Waals surface area (Å²) in [7, 11) is 0. The Kier molecular flexibility index (Phi) is 2.93. The van der Waals surface area contributed by atoms with E-state index in [1.807, 2.05) is 35.7 Å². The van der Waals surface area contributed by atoms with Crippen molar-refractivity contribution in [3.63, 3.8) is 0 Å². The van der Waals surface area contributed by atoms with Crippen molar-refractivity contribution in [3.8, 4) is 0 Å². The first-order chi connectivity index (χ1) is 10.3. The Labute approximate surface area is 125 Å². The van der Waals surface area contributed by atoms with E-state index in [4.69, 9.17) is 0 Å². The number of anilines is 1. The second-order valence-corrected chi connectivity index (χ2v) is 6.07. The minimum atomic E-state index is -0.120. The summed E-state index contributed by atoms with van der Waals surface area (Å²) in [6, 6.07) is 9.72. The first-order valence-corrected chi connectivity index (χ1v) is 7.80. The van der Waals surface area contributed by atoms with E-state index in [1.165, 1.54) is 24.2 Å². The number of benzene rings is 1. The van der Waals surface area contributed by atoms with E-state index in [2.05, 4.69) is 15.3 Å². The number of fused-ring (bicyclic) bond motifs is 1. The van der Waals surface area contributed by atoms with Crippen molar-refractivity contribution in [2.45, 2.75) is 18.8 Å². The van der Waals surface area contributed by atoms with Crippen molar-refractivity contribution in [1.29, 1.82) is 0 Å². The molecule has 1 amide bonds. The molecule has 2 aromatic heterocycles. The van der Waals surface area contributed by atoms with Gasteiger partial charge in [0.1, 0.15) is 0 Å². The molecular formula is C16H13N3OS. The molecule has 4 rings (SSSR count). The Morgan fingerprint density at radius 1 is 1.29 bits per heavy atom. The summed E-state index contributed by atoms with van der Waals surface area (Å²) in [5, 5.41) is 6.21. The molecule has 104 valence electrons. The van der Waals surface area contributed by atoms with Crippen molar-refractivity contribution >= 4 is 33.3 Å². The molecule has 0 radical (unpaired) electrons. The quantitative estimate of drug-likeness (QED) is 0.799. The summed E-state index contributed by atoms with van der Waals surface area (Å²) < 4.78 is 0. The van der Waals surface area contributed by atoms with Crippen LogP contribution in [0, 0.1) is 0 Å². The van der Waals surface area contributed by atoms with Crippen molar-refractivity contribution in [2.24, 2.45) is 0 Å². The first-order valence-electron chi connectivity index (χ1n) is 6.92. The summed E-state index contributed by atoms with van der Waals surface area (Å²) in [5.41, 5.74) is 2.59. The number of carbonyl (C=O) groups is 1. The molecule has 0 saturated heterocycles. The molecule has 0 bridgehead atoms. The number of carbonyl (C=O) groups excluding carboxylic acids is 1. The van der Waals surface area contributed by atoms with E-state index < -0.39 is 0 Å². The Hall–Kier alpha value is -2.27. The average Bonchev–Trinajstić information content (AvgIpc) is 3.24. The van der Waals surface area contributed by atoms with Crippen LogP contribution in [0.5, 0.6) is 0 Å². The number of amides is 1. The molecule has 1 N–H and O–H groups in total. The third-order valence-electron chi connectivity index (χ3n) is 3.63. The molecule has 1 aliphatic carbocycles. The lowest BCUT2D eigenvalue weighted by Gasteiger charge is -2.08. The van der Waals surface area contributed by atoms with Crippen molar-refractivity contribution < 1.29 is 4.79 Å². The van der Waals surface area contributed by atoms with Crippen LogP contribution in [0.3, 0.4) is 0 Å². The van der Waals surface area contributed by atoms with Gasteiger partial charge in [-0.3, -0.25) is 15.1 Å². The second-order valence-electron chi connectivity index (χ2n) is 5.18. The maximum atomic E-state index is 12.5. The first kappa shape index (κ1) is 12.5. The summed E-state index contributed by atoms with van der Waals surface area (Å²) >= 11 is 1.42. The minimum Gasteiger partial charge on any atom is -0.298 e. The summed E-state index contributed by atoms with van der Waals surface area (Å²) in [6.45, 7) is 0. The Morgan fingerprint density at radius 3 is 2.90 bits per heavy atom. The number of thiazole rings is 1. The number of nitrogens with zero attached hydrogens (tertiary/aromatic N) is 2. The number of hydrogen-bond acceptors (Lipinski definition) is 4. The Balaban J connectivity index is 1.80. The van der Waals surface area contributed by atoms with E-state index in [0.717, 1.165) is 16.6 Å². The van der Waals surface area contributed by atoms with E-state index in [9.17, 15) is 4.79 Å². The number of hydrogen-bond donors (Lipinski definition) is 1. The Morgan fingerprint density at radius 2 is 2.14 bits per heavy atom. The normalized spacial score (nSPS) is 14.3. The van der Waals surface area contributed by atoms with E-state index in [-0.39, 0.29) is 5.91 Å². The smallest absolute Gasteiger partial charge is 0.258 e. The lowest BCUT2D eigenvalue weighted by atomic mass is 10.1. The van der Waals surface area contributed by atoms with Gasteiger partial charge in [0.05, 0.1) is 11.1 Å². The van der Waals surface area contributed by atoms with Crippen LogP contribution in [0.2, 0.25) is 0 Å². The molecule has 21 heavy (non-hydrogen) atoms. The molecule has 0 unspecified atom stereocenters.